The van der Waals surface area contributed by atoms with Crippen LogP contribution in [-0.2, 0) is 25.4 Å². The molecule has 2 aromatic carbocycles. The number of carbonyl (C=O) groups excluding carboxylic acids is 1. The topological polar surface area (TPSA) is 93.4 Å². The number of fused-ring (bicyclic) bond motifs is 1. The zero-order chi connectivity index (χ0) is 42.3. The maximum absolute atomic E-state index is 14.3. The second kappa shape index (κ2) is 18.1. The Bertz CT molecular complexity index is 1830. The number of hydrogen-bond acceptors (Lipinski definition) is 8. The van der Waals surface area contributed by atoms with Gasteiger partial charge in [-0.25, -0.2) is 14.3 Å². The molecular formula is C39H47F9O8. The van der Waals surface area contributed by atoms with Gasteiger partial charge in [-0.2, -0.15) is 17.6 Å². The Kier molecular flexibility index (Phi) is 15.0. The van der Waals surface area contributed by atoms with Gasteiger partial charge in [0.15, 0.2) is 0 Å². The molecule has 0 spiro atoms. The standard InChI is InChI=1S/C39H47F9O8/c1-8-9-10-11-24-12-15-27(31(20-24)54-38(44,45)46)28-21-25-13-14-26(22-30(25)53-32(28)49)51-18-16-36(40,41)55-39(47,48)56-37(42,43)17-19-52-33(50)29(35(5,6)7)23-34(2,3)4/h12-15,20-22,29H,8-11,16-19,23H2,1-7H3. The quantitative estimate of drug-likeness (QED) is 0.0388. The highest BCUT2D eigenvalue weighted by molar-refractivity contribution is 5.84. The third-order valence-electron chi connectivity index (χ3n) is 8.32. The third kappa shape index (κ3) is 15.2. The van der Waals surface area contributed by atoms with Crippen molar-refractivity contribution < 1.29 is 72.4 Å². The van der Waals surface area contributed by atoms with E-state index in [0.29, 0.717) is 18.4 Å². The van der Waals surface area contributed by atoms with Crippen LogP contribution < -0.4 is 15.1 Å². The van der Waals surface area contributed by atoms with E-state index >= 15 is 0 Å². The number of hydrogen-bond donors (Lipinski definition) is 0. The van der Waals surface area contributed by atoms with Crippen LogP contribution in [0.3, 0.4) is 0 Å². The van der Waals surface area contributed by atoms with E-state index in [1.54, 1.807) is 26.8 Å². The van der Waals surface area contributed by atoms with Crippen LogP contribution in [0.15, 0.2) is 51.7 Å². The van der Waals surface area contributed by atoms with E-state index in [1.807, 2.05) is 27.7 Å². The van der Waals surface area contributed by atoms with Crippen LogP contribution in [0, 0.1) is 16.7 Å². The largest absolute Gasteiger partial charge is 0.573 e. The summed E-state index contributed by atoms with van der Waals surface area (Å²) in [6, 6.07) is 8.91. The lowest BCUT2D eigenvalue weighted by atomic mass is 9.72. The predicted octanol–water partition coefficient (Wildman–Crippen LogP) is 11.7. The van der Waals surface area contributed by atoms with Gasteiger partial charge in [0.1, 0.15) is 17.1 Å². The normalized spacial score (nSPS) is 13.9. The van der Waals surface area contributed by atoms with Crippen molar-refractivity contribution in [2.24, 2.45) is 16.7 Å². The molecular weight excluding hydrogens is 767 g/mol. The van der Waals surface area contributed by atoms with Gasteiger partial charge in [0.25, 0.3) is 0 Å². The zero-order valence-corrected chi connectivity index (χ0v) is 32.2. The minimum absolute atomic E-state index is 0.162. The van der Waals surface area contributed by atoms with E-state index in [1.165, 1.54) is 30.3 Å². The lowest BCUT2D eigenvalue weighted by Crippen LogP contribution is -2.41. The highest BCUT2D eigenvalue weighted by Crippen LogP contribution is 2.39. The van der Waals surface area contributed by atoms with Gasteiger partial charge in [-0.05, 0) is 59.9 Å². The fraction of sp³-hybridized carbons (Fsp3) is 0.590. The number of halogens is 9. The first kappa shape index (κ1) is 46.4. The second-order valence-corrected chi connectivity index (χ2v) is 15.6. The molecule has 17 heteroatoms. The first-order valence-electron chi connectivity index (χ1n) is 17.9. The van der Waals surface area contributed by atoms with Crippen molar-refractivity contribution in [3.05, 3.63) is 58.4 Å². The van der Waals surface area contributed by atoms with Crippen LogP contribution in [0.2, 0.25) is 0 Å². The summed E-state index contributed by atoms with van der Waals surface area (Å²) < 4.78 is 151. The van der Waals surface area contributed by atoms with Gasteiger partial charge in [0.2, 0.25) is 0 Å². The lowest BCUT2D eigenvalue weighted by Gasteiger charge is -2.34. The summed E-state index contributed by atoms with van der Waals surface area (Å²) in [5, 5.41) is 0.192. The summed E-state index contributed by atoms with van der Waals surface area (Å²) in [6.45, 7) is 10.8. The van der Waals surface area contributed by atoms with Crippen molar-refractivity contribution in [3.63, 3.8) is 0 Å². The minimum atomic E-state index is -5.48. The molecule has 1 unspecified atom stereocenters. The molecule has 0 aliphatic carbocycles. The second-order valence-electron chi connectivity index (χ2n) is 15.6. The van der Waals surface area contributed by atoms with Crippen LogP contribution in [0.4, 0.5) is 39.5 Å². The van der Waals surface area contributed by atoms with Gasteiger partial charge in [-0.3, -0.25) is 4.79 Å². The van der Waals surface area contributed by atoms with E-state index in [4.69, 9.17) is 13.9 Å². The lowest BCUT2D eigenvalue weighted by molar-refractivity contribution is -0.514. The molecule has 0 aliphatic heterocycles. The van der Waals surface area contributed by atoms with Gasteiger partial charge in [0.05, 0.1) is 37.5 Å². The Morgan fingerprint density at radius 1 is 0.768 bits per heavy atom. The highest BCUT2D eigenvalue weighted by atomic mass is 19.4. The predicted molar refractivity (Wildman–Crippen MR) is 188 cm³/mol. The zero-order valence-electron chi connectivity index (χ0n) is 32.2. The van der Waals surface area contributed by atoms with E-state index in [2.05, 4.69) is 14.2 Å². The monoisotopic (exact) mass is 814 g/mol. The van der Waals surface area contributed by atoms with E-state index in [-0.39, 0.29) is 33.3 Å². The maximum Gasteiger partial charge on any atom is 0.573 e. The molecule has 0 radical (unpaired) electrons. The van der Waals surface area contributed by atoms with Crippen molar-refractivity contribution in [1.29, 1.82) is 0 Å². The van der Waals surface area contributed by atoms with Crippen LogP contribution in [0.25, 0.3) is 22.1 Å². The SMILES string of the molecule is CCCCCc1ccc(-c2cc3ccc(OCCC(F)(F)OC(F)(F)OC(F)(F)CCOC(=O)C(CC(C)(C)C)C(C)(C)C)cc3oc2=O)c(OC(F)(F)F)c1. The number of alkyl halides is 9. The number of aryl methyl sites for hydroxylation is 1. The molecule has 1 aromatic heterocycles. The number of esters is 1. The van der Waals surface area contributed by atoms with E-state index < -0.39 is 79.6 Å². The Hall–Kier alpha value is -3.99. The fourth-order valence-corrected chi connectivity index (χ4v) is 5.59. The molecule has 314 valence electrons. The highest BCUT2D eigenvalue weighted by Gasteiger charge is 2.52. The Morgan fingerprint density at radius 3 is 1.96 bits per heavy atom. The summed E-state index contributed by atoms with van der Waals surface area (Å²) in [7, 11) is 0. The van der Waals surface area contributed by atoms with Crippen molar-refractivity contribution in [2.45, 2.75) is 118 Å². The molecule has 1 atom stereocenters. The average molecular weight is 815 g/mol. The number of benzene rings is 2. The summed E-state index contributed by atoms with van der Waals surface area (Å²) in [5.74, 6) is -2.34. The minimum Gasteiger partial charge on any atom is -0.493 e. The molecule has 3 aromatic rings. The molecule has 56 heavy (non-hydrogen) atoms. The van der Waals surface area contributed by atoms with Crippen LogP contribution >= 0.6 is 0 Å². The molecule has 0 bridgehead atoms. The summed E-state index contributed by atoms with van der Waals surface area (Å²) >= 11 is 0. The first-order valence-corrected chi connectivity index (χ1v) is 17.9. The fourth-order valence-electron chi connectivity index (χ4n) is 5.59. The number of ether oxygens (including phenoxy) is 5. The van der Waals surface area contributed by atoms with Gasteiger partial charge >= 0.3 is 36.5 Å². The molecule has 0 N–H and O–H groups in total. The van der Waals surface area contributed by atoms with Crippen molar-refractivity contribution in [2.75, 3.05) is 13.2 Å². The first-order chi connectivity index (χ1) is 25.6. The summed E-state index contributed by atoms with van der Waals surface area (Å²) in [5.41, 5.74) is -2.05. The molecule has 0 aliphatic rings. The van der Waals surface area contributed by atoms with Crippen molar-refractivity contribution in [1.82, 2.24) is 0 Å². The molecule has 8 nitrogen and oxygen atoms in total. The molecule has 3 rings (SSSR count). The molecule has 0 amide bonds. The van der Waals surface area contributed by atoms with Crippen LogP contribution in [0.5, 0.6) is 11.5 Å². The molecule has 1 heterocycles. The Labute approximate surface area is 318 Å². The Morgan fingerprint density at radius 2 is 1.39 bits per heavy atom. The number of carbonyl (C=O) groups is 1. The maximum atomic E-state index is 14.3. The van der Waals surface area contributed by atoms with E-state index in [0.717, 1.165) is 25.3 Å². The van der Waals surface area contributed by atoms with Crippen molar-refractivity contribution in [3.8, 4) is 22.6 Å². The molecule has 0 saturated carbocycles. The van der Waals surface area contributed by atoms with Gasteiger partial charge < -0.3 is 18.6 Å². The Balaban J connectivity index is 1.62. The average Bonchev–Trinajstić information content (AvgIpc) is 3.00. The van der Waals surface area contributed by atoms with Gasteiger partial charge in [0, 0.05) is 17.0 Å². The van der Waals surface area contributed by atoms with Crippen LogP contribution in [0.1, 0.15) is 92.6 Å². The number of unbranched alkanes of at least 4 members (excludes halogenated alkanes) is 2. The van der Waals surface area contributed by atoms with Gasteiger partial charge in [-0.1, -0.05) is 73.4 Å². The van der Waals surface area contributed by atoms with Gasteiger partial charge in [-0.15, -0.1) is 22.0 Å². The molecule has 0 fully saturated rings. The van der Waals surface area contributed by atoms with E-state index in [9.17, 15) is 49.1 Å². The summed E-state index contributed by atoms with van der Waals surface area (Å²) in [6.07, 6.45) is -19.9. The van der Waals surface area contributed by atoms with Crippen LogP contribution in [-0.4, -0.2) is 44.1 Å². The molecule has 0 saturated heterocycles. The van der Waals surface area contributed by atoms with Crippen molar-refractivity contribution >= 4 is 16.9 Å². The summed E-state index contributed by atoms with van der Waals surface area (Å²) in [4.78, 5) is 25.5. The number of rotatable bonds is 19. The smallest absolute Gasteiger partial charge is 0.493 e. The third-order valence-corrected chi connectivity index (χ3v) is 8.32.